The molecule has 0 aromatic carbocycles. The van der Waals surface area contributed by atoms with Gasteiger partial charge in [0.25, 0.3) is 0 Å². The number of unbranched alkanes of at least 4 members (excludes halogenated alkanes) is 21. The van der Waals surface area contributed by atoms with Crippen molar-refractivity contribution >= 4 is 11.9 Å². The van der Waals surface area contributed by atoms with Crippen LogP contribution in [0.1, 0.15) is 202 Å². The predicted octanol–water partition coefficient (Wildman–Crippen LogP) is 11.7. The Kier molecular flexibility index (Phi) is 35.9. The van der Waals surface area contributed by atoms with Crippen molar-refractivity contribution < 1.29 is 19.1 Å². The molecular weight excluding hydrogens is 484 g/mol. The van der Waals surface area contributed by atoms with Crippen LogP contribution in [-0.4, -0.2) is 24.6 Å². The van der Waals surface area contributed by atoms with Crippen LogP contribution in [0.4, 0.5) is 0 Å². The highest BCUT2D eigenvalue weighted by atomic mass is 16.5. The van der Waals surface area contributed by atoms with E-state index in [9.17, 15) is 9.59 Å². The number of hydrogen-bond acceptors (Lipinski definition) is 4. The predicted molar refractivity (Wildman–Crippen MR) is 169 cm³/mol. The fourth-order valence-electron chi connectivity index (χ4n) is 4.59. The van der Waals surface area contributed by atoms with E-state index < -0.39 is 0 Å². The first-order chi connectivity index (χ1) is 19.0. The molecule has 0 aromatic rings. The van der Waals surface area contributed by atoms with E-state index in [1.54, 1.807) is 0 Å². The van der Waals surface area contributed by atoms with Gasteiger partial charge in [0.1, 0.15) is 0 Å². The molecule has 0 saturated carbocycles. The minimum absolute atomic E-state index is 0.00797. The monoisotopic (exact) mass is 555 g/mol. The standard InChI is InChI=1S/C19H38O2.C16H32O2/c1-4-5-6-7-8-9-10-11-12-13-14-15-16-17-19(20)21-18(2)3;1-3-5-7-8-9-10-11-12-13-14-16(17)18-15-6-4-2/h18H,4-17H2,1-3H3;3-15H2,1-2H3. The molecule has 0 aliphatic heterocycles. The molecule has 0 rings (SSSR count). The lowest BCUT2D eigenvalue weighted by Gasteiger charge is -2.07. The minimum Gasteiger partial charge on any atom is -0.466 e. The van der Waals surface area contributed by atoms with Crippen LogP contribution < -0.4 is 0 Å². The number of hydrogen-bond donors (Lipinski definition) is 0. The summed E-state index contributed by atoms with van der Waals surface area (Å²) >= 11 is 0. The van der Waals surface area contributed by atoms with Crippen LogP contribution in [0, 0.1) is 0 Å². The Morgan fingerprint density at radius 2 is 0.744 bits per heavy atom. The van der Waals surface area contributed by atoms with Crippen LogP contribution in [0.25, 0.3) is 0 Å². The van der Waals surface area contributed by atoms with Crippen molar-refractivity contribution in [3.05, 3.63) is 0 Å². The van der Waals surface area contributed by atoms with Gasteiger partial charge in [-0.2, -0.15) is 0 Å². The maximum Gasteiger partial charge on any atom is 0.306 e. The van der Waals surface area contributed by atoms with Crippen molar-refractivity contribution in [1.82, 2.24) is 0 Å². The highest BCUT2D eigenvalue weighted by molar-refractivity contribution is 5.69. The summed E-state index contributed by atoms with van der Waals surface area (Å²) in [7, 11) is 0. The zero-order valence-corrected chi connectivity index (χ0v) is 27.3. The number of esters is 2. The molecule has 0 atom stereocenters. The van der Waals surface area contributed by atoms with Crippen LogP contribution in [0.3, 0.4) is 0 Å². The van der Waals surface area contributed by atoms with Gasteiger partial charge in [0.15, 0.2) is 0 Å². The zero-order chi connectivity index (χ0) is 29.2. The van der Waals surface area contributed by atoms with E-state index in [0.29, 0.717) is 19.4 Å². The van der Waals surface area contributed by atoms with Crippen LogP contribution >= 0.6 is 0 Å². The number of carbonyl (C=O) groups is 2. The first-order valence-corrected chi connectivity index (χ1v) is 17.3. The van der Waals surface area contributed by atoms with Crippen LogP contribution in [-0.2, 0) is 19.1 Å². The summed E-state index contributed by atoms with van der Waals surface area (Å²) in [4.78, 5) is 22.6. The topological polar surface area (TPSA) is 52.6 Å². The molecule has 0 radical (unpaired) electrons. The smallest absolute Gasteiger partial charge is 0.306 e. The van der Waals surface area contributed by atoms with Crippen molar-refractivity contribution in [2.45, 2.75) is 208 Å². The Balaban J connectivity index is 0. The third-order valence-electron chi connectivity index (χ3n) is 7.10. The Bertz CT molecular complexity index is 489. The summed E-state index contributed by atoms with van der Waals surface area (Å²) in [5, 5.41) is 0. The van der Waals surface area contributed by atoms with Gasteiger partial charge in [-0.3, -0.25) is 9.59 Å². The number of carbonyl (C=O) groups excluding carboxylic acids is 2. The van der Waals surface area contributed by atoms with Gasteiger partial charge in [0, 0.05) is 12.8 Å². The van der Waals surface area contributed by atoms with E-state index in [0.717, 1.165) is 25.7 Å². The van der Waals surface area contributed by atoms with Gasteiger partial charge < -0.3 is 9.47 Å². The first kappa shape index (κ1) is 40.1. The van der Waals surface area contributed by atoms with E-state index >= 15 is 0 Å². The summed E-state index contributed by atoms with van der Waals surface area (Å²) in [5.74, 6) is -0.0422. The third-order valence-corrected chi connectivity index (χ3v) is 7.10. The summed E-state index contributed by atoms with van der Waals surface area (Å²) in [6.07, 6.45) is 32.3. The first-order valence-electron chi connectivity index (χ1n) is 17.3. The quantitative estimate of drug-likeness (QED) is 0.0712. The zero-order valence-electron chi connectivity index (χ0n) is 27.3. The average molecular weight is 555 g/mol. The number of rotatable bonds is 28. The summed E-state index contributed by atoms with van der Waals surface area (Å²) in [6.45, 7) is 11.0. The molecule has 4 nitrogen and oxygen atoms in total. The van der Waals surface area contributed by atoms with Gasteiger partial charge in [-0.05, 0) is 33.1 Å². The number of ether oxygens (including phenoxy) is 2. The normalized spacial score (nSPS) is 10.8. The fraction of sp³-hybridized carbons (Fsp3) is 0.943. The van der Waals surface area contributed by atoms with E-state index in [-0.39, 0.29) is 18.0 Å². The third kappa shape index (κ3) is 39.1. The average Bonchev–Trinajstić information content (AvgIpc) is 2.90. The Labute approximate surface area is 245 Å². The molecule has 0 fully saturated rings. The fourth-order valence-corrected chi connectivity index (χ4v) is 4.59. The largest absolute Gasteiger partial charge is 0.466 e. The molecule has 0 unspecified atom stereocenters. The molecule has 0 aliphatic rings. The summed E-state index contributed by atoms with van der Waals surface area (Å²) in [5.41, 5.74) is 0. The molecule has 39 heavy (non-hydrogen) atoms. The van der Waals surface area contributed by atoms with Gasteiger partial charge in [-0.15, -0.1) is 0 Å². The van der Waals surface area contributed by atoms with Gasteiger partial charge >= 0.3 is 11.9 Å². The Hall–Kier alpha value is -1.06. The molecule has 0 saturated heterocycles. The van der Waals surface area contributed by atoms with Crippen molar-refractivity contribution in [2.24, 2.45) is 0 Å². The molecule has 0 amide bonds. The molecule has 4 heteroatoms. The maximum atomic E-state index is 11.3. The van der Waals surface area contributed by atoms with Gasteiger partial charge in [0.2, 0.25) is 0 Å². The summed E-state index contributed by atoms with van der Waals surface area (Å²) in [6, 6.07) is 0. The Morgan fingerprint density at radius 1 is 0.436 bits per heavy atom. The van der Waals surface area contributed by atoms with E-state index in [2.05, 4.69) is 20.8 Å². The lowest BCUT2D eigenvalue weighted by atomic mass is 10.0. The van der Waals surface area contributed by atoms with Crippen LogP contribution in [0.15, 0.2) is 0 Å². The molecular formula is C35H70O4. The SMILES string of the molecule is CCCCCCCCCCCC(=O)OCCCC.CCCCCCCCCCCCCCCC(=O)OC(C)C. The van der Waals surface area contributed by atoms with E-state index in [4.69, 9.17) is 9.47 Å². The van der Waals surface area contributed by atoms with Crippen molar-refractivity contribution in [3.8, 4) is 0 Å². The second-order valence-electron chi connectivity index (χ2n) is 11.7. The van der Waals surface area contributed by atoms with E-state index in [1.165, 1.54) is 128 Å². The molecule has 0 aromatic heterocycles. The van der Waals surface area contributed by atoms with E-state index in [1.807, 2.05) is 13.8 Å². The molecule has 0 heterocycles. The van der Waals surface area contributed by atoms with Crippen molar-refractivity contribution in [2.75, 3.05) is 6.61 Å². The molecule has 0 bridgehead atoms. The van der Waals surface area contributed by atoms with Gasteiger partial charge in [0.05, 0.1) is 12.7 Å². The van der Waals surface area contributed by atoms with Gasteiger partial charge in [-0.25, -0.2) is 0 Å². The maximum absolute atomic E-state index is 11.3. The Morgan fingerprint density at radius 3 is 1.08 bits per heavy atom. The second kappa shape index (κ2) is 35.0. The lowest BCUT2D eigenvalue weighted by Crippen LogP contribution is -2.10. The summed E-state index contributed by atoms with van der Waals surface area (Å²) < 4.78 is 10.2. The van der Waals surface area contributed by atoms with Crippen LogP contribution in [0.2, 0.25) is 0 Å². The van der Waals surface area contributed by atoms with Crippen molar-refractivity contribution in [3.63, 3.8) is 0 Å². The molecule has 234 valence electrons. The molecule has 0 spiro atoms. The highest BCUT2D eigenvalue weighted by Crippen LogP contribution is 2.13. The van der Waals surface area contributed by atoms with Crippen molar-refractivity contribution in [1.29, 1.82) is 0 Å². The molecule has 0 aliphatic carbocycles. The van der Waals surface area contributed by atoms with Gasteiger partial charge in [-0.1, -0.05) is 156 Å². The second-order valence-corrected chi connectivity index (χ2v) is 11.7. The minimum atomic E-state index is -0.0342. The molecule has 0 N–H and O–H groups in total. The lowest BCUT2D eigenvalue weighted by molar-refractivity contribution is -0.147. The van der Waals surface area contributed by atoms with Crippen LogP contribution in [0.5, 0.6) is 0 Å². The highest BCUT2D eigenvalue weighted by Gasteiger charge is 2.04.